The van der Waals surface area contributed by atoms with Crippen LogP contribution in [0.2, 0.25) is 0 Å². The molecule has 12 nitrogen and oxygen atoms in total. The molecule has 272 valence electrons. The van der Waals surface area contributed by atoms with Gasteiger partial charge in [-0.25, -0.2) is 4.79 Å². The lowest BCUT2D eigenvalue weighted by atomic mass is 9.74. The number of rotatable bonds is 5. The number of esters is 1. The van der Waals surface area contributed by atoms with Crippen LogP contribution in [0.5, 0.6) is 0 Å². The minimum Gasteiger partial charge on any atom is -0.465 e. The summed E-state index contributed by atoms with van der Waals surface area (Å²) in [7, 11) is 7.43. The largest absolute Gasteiger partial charge is 0.465 e. The molecule has 2 aliphatic heterocycles. The Labute approximate surface area is 287 Å². The van der Waals surface area contributed by atoms with Gasteiger partial charge in [0.15, 0.2) is 12.1 Å². The predicted octanol–water partition coefficient (Wildman–Crippen LogP) is 3.87. The number of hydrogen-bond acceptors (Lipinski definition) is 10. The minimum atomic E-state index is -1.49. The number of para-hydroxylation sites is 1. The zero-order chi connectivity index (χ0) is 35.8. The summed E-state index contributed by atoms with van der Waals surface area (Å²) in [4.78, 5) is 46.8. The monoisotopic (exact) mass is 676 g/mol. The molecule has 2 N–H and O–H groups in total. The van der Waals surface area contributed by atoms with Gasteiger partial charge in [-0.1, -0.05) is 32.0 Å². The molecule has 0 aliphatic carbocycles. The van der Waals surface area contributed by atoms with E-state index in [4.69, 9.17) is 18.9 Å². The van der Waals surface area contributed by atoms with Crippen molar-refractivity contribution in [3.05, 3.63) is 30.3 Å². The van der Waals surface area contributed by atoms with Gasteiger partial charge in [0.25, 0.3) is 0 Å². The van der Waals surface area contributed by atoms with Crippen molar-refractivity contribution in [2.45, 2.75) is 97.0 Å². The van der Waals surface area contributed by atoms with Crippen LogP contribution in [0.15, 0.2) is 30.3 Å². The zero-order valence-electron chi connectivity index (χ0n) is 30.7. The summed E-state index contributed by atoms with van der Waals surface area (Å²) in [6, 6.07) is 8.83. The van der Waals surface area contributed by atoms with Crippen LogP contribution in [-0.4, -0.2) is 135 Å². The van der Waals surface area contributed by atoms with Crippen LogP contribution in [0.1, 0.15) is 60.8 Å². The third-order valence-corrected chi connectivity index (χ3v) is 9.87. The number of amides is 2. The Morgan fingerprint density at radius 1 is 1.06 bits per heavy atom. The summed E-state index contributed by atoms with van der Waals surface area (Å²) in [6.45, 7) is 13.0. The molecule has 3 rings (SSSR count). The molecular weight excluding hydrogens is 616 g/mol. The highest BCUT2D eigenvalue weighted by Gasteiger charge is 2.51. The number of anilines is 1. The Morgan fingerprint density at radius 3 is 2.35 bits per heavy atom. The van der Waals surface area contributed by atoms with Crippen LogP contribution < -0.4 is 5.32 Å². The SMILES string of the molecule is CO[C@]1(C)C[C@@H](C)CN(C)CCN(C(=O)Nc2ccccc2)CCCOC(=O)C(C)(C)C(=O)[C@H](C)[C@H]1O[C@@H]1O[C@H](C)C[C@H](N(C)C)[C@H]1O. The van der Waals surface area contributed by atoms with Gasteiger partial charge in [-0.05, 0) is 86.2 Å². The van der Waals surface area contributed by atoms with Gasteiger partial charge in [-0.15, -0.1) is 0 Å². The fourth-order valence-corrected chi connectivity index (χ4v) is 7.02. The Balaban J connectivity index is 1.92. The Kier molecular flexibility index (Phi) is 14.4. The maximum Gasteiger partial charge on any atom is 0.321 e. The van der Waals surface area contributed by atoms with Gasteiger partial charge < -0.3 is 44.1 Å². The number of cyclic esters (lactones) is 1. The number of aliphatic hydroxyl groups is 1. The van der Waals surface area contributed by atoms with E-state index in [0.717, 1.165) is 0 Å². The van der Waals surface area contributed by atoms with E-state index in [2.05, 4.69) is 17.1 Å². The number of hydrogen-bond donors (Lipinski definition) is 2. The number of ether oxygens (including phenoxy) is 4. The highest BCUT2D eigenvalue weighted by molar-refractivity contribution is 6.04. The second kappa shape index (κ2) is 17.4. The van der Waals surface area contributed by atoms with Crippen molar-refractivity contribution in [2.75, 3.05) is 66.4 Å². The van der Waals surface area contributed by atoms with Gasteiger partial charge in [0.2, 0.25) is 0 Å². The number of nitrogens with zero attached hydrogens (tertiary/aromatic N) is 3. The Hall–Kier alpha value is -2.61. The van der Waals surface area contributed by atoms with Crippen molar-refractivity contribution in [3.63, 3.8) is 0 Å². The van der Waals surface area contributed by atoms with E-state index >= 15 is 0 Å². The van der Waals surface area contributed by atoms with Crippen LogP contribution >= 0.6 is 0 Å². The molecule has 2 heterocycles. The second-order valence-electron chi connectivity index (χ2n) is 14.8. The number of carbonyl (C=O) groups is 3. The summed E-state index contributed by atoms with van der Waals surface area (Å²) in [5.74, 6) is -1.74. The third-order valence-electron chi connectivity index (χ3n) is 9.87. The molecule has 0 aromatic heterocycles. The first-order valence-corrected chi connectivity index (χ1v) is 17.2. The van der Waals surface area contributed by atoms with E-state index in [1.54, 1.807) is 32.8 Å². The normalized spacial score (nSPS) is 33.6. The van der Waals surface area contributed by atoms with Gasteiger partial charge >= 0.3 is 12.0 Å². The van der Waals surface area contributed by atoms with Crippen molar-refractivity contribution in [2.24, 2.45) is 17.3 Å². The standard InChI is InChI=1S/C36H60N4O8/c1-24-22-36(6,45-10)31(48-32-29(41)28(38(7)8)21-25(2)47-32)26(3)30(42)35(4,5)33(43)46-20-14-17-40(19-18-39(9)23-24)34(44)37-27-15-12-11-13-16-27/h11-13,15-16,24-26,28-29,31-32,41H,14,17-23H2,1-10H3,(H,37,44)/t24-,25-,26+,28+,29-,31-,32+,36-/m1/s1. The third kappa shape index (κ3) is 10.2. The summed E-state index contributed by atoms with van der Waals surface area (Å²) in [6.07, 6.45) is -1.48. The van der Waals surface area contributed by atoms with E-state index in [1.807, 2.05) is 70.2 Å². The lowest BCUT2D eigenvalue weighted by Gasteiger charge is -2.47. The van der Waals surface area contributed by atoms with Crippen molar-refractivity contribution in [3.8, 4) is 0 Å². The number of nitrogens with one attached hydrogen (secondary N) is 1. The molecule has 2 aliphatic rings. The van der Waals surface area contributed by atoms with E-state index in [-0.39, 0.29) is 36.5 Å². The highest BCUT2D eigenvalue weighted by Crippen LogP contribution is 2.38. The van der Waals surface area contributed by atoms with Gasteiger partial charge in [-0.2, -0.15) is 0 Å². The van der Waals surface area contributed by atoms with Crippen molar-refractivity contribution in [1.82, 2.24) is 14.7 Å². The lowest BCUT2D eigenvalue weighted by molar-refractivity contribution is -0.295. The van der Waals surface area contributed by atoms with E-state index in [9.17, 15) is 19.5 Å². The quantitative estimate of drug-likeness (QED) is 0.350. The molecule has 8 atom stereocenters. The van der Waals surface area contributed by atoms with E-state index < -0.39 is 41.4 Å². The molecular formula is C36H60N4O8. The molecule has 12 heteroatoms. The molecule has 2 amide bonds. The van der Waals surface area contributed by atoms with Gasteiger partial charge in [-0.3, -0.25) is 9.59 Å². The van der Waals surface area contributed by atoms with Gasteiger partial charge in [0.1, 0.15) is 11.5 Å². The van der Waals surface area contributed by atoms with E-state index in [1.165, 1.54) is 0 Å². The molecule has 2 fully saturated rings. The van der Waals surface area contributed by atoms with E-state index in [0.29, 0.717) is 51.1 Å². The topological polar surface area (TPSA) is 130 Å². The Bertz CT molecular complexity index is 1200. The first kappa shape index (κ1) is 39.8. The number of carbonyl (C=O) groups excluding carboxylic acids is 3. The maximum atomic E-state index is 14.2. The van der Waals surface area contributed by atoms with Crippen molar-refractivity contribution < 1.29 is 38.4 Å². The van der Waals surface area contributed by atoms with Gasteiger partial charge in [0.05, 0.1) is 24.4 Å². The van der Waals surface area contributed by atoms with Crippen molar-refractivity contribution >= 4 is 23.5 Å². The second-order valence-corrected chi connectivity index (χ2v) is 14.8. The van der Waals surface area contributed by atoms with Gasteiger partial charge in [0, 0.05) is 50.9 Å². The first-order chi connectivity index (χ1) is 22.5. The summed E-state index contributed by atoms with van der Waals surface area (Å²) in [5, 5.41) is 14.3. The van der Waals surface area contributed by atoms with Crippen molar-refractivity contribution in [1.29, 1.82) is 0 Å². The van der Waals surface area contributed by atoms with Crippen LogP contribution in [0.4, 0.5) is 10.5 Å². The van der Waals surface area contributed by atoms with Crippen LogP contribution in [0.25, 0.3) is 0 Å². The minimum absolute atomic E-state index is 0.0492. The molecule has 0 bridgehead atoms. The number of Topliss-reactive ketones (excluding diaryl/α,β-unsaturated/α-hetero) is 1. The van der Waals surface area contributed by atoms with Crippen LogP contribution in [0.3, 0.4) is 0 Å². The van der Waals surface area contributed by atoms with Crippen LogP contribution in [-0.2, 0) is 28.5 Å². The molecule has 0 spiro atoms. The molecule has 1 aromatic carbocycles. The average molecular weight is 677 g/mol. The predicted molar refractivity (Wildman–Crippen MR) is 185 cm³/mol. The number of aliphatic hydroxyl groups excluding tert-OH is 1. The van der Waals surface area contributed by atoms with Crippen LogP contribution in [0, 0.1) is 17.3 Å². The summed E-state index contributed by atoms with van der Waals surface area (Å²) < 4.78 is 24.6. The highest BCUT2D eigenvalue weighted by atomic mass is 16.7. The molecule has 1 aromatic rings. The molecule has 0 radical (unpaired) electrons. The number of benzene rings is 1. The summed E-state index contributed by atoms with van der Waals surface area (Å²) >= 11 is 0. The lowest BCUT2D eigenvalue weighted by Crippen LogP contribution is -2.59. The Morgan fingerprint density at radius 2 is 1.73 bits per heavy atom. The maximum absolute atomic E-state index is 14.2. The number of methoxy groups -OCH3 is 1. The fourth-order valence-electron chi connectivity index (χ4n) is 7.02. The number of likely N-dealkylation sites (N-methyl/N-ethyl adjacent to an activating group) is 2. The zero-order valence-corrected chi connectivity index (χ0v) is 30.7. The molecule has 0 saturated carbocycles. The first-order valence-electron chi connectivity index (χ1n) is 17.2. The number of urea groups is 1. The molecule has 2 saturated heterocycles. The summed E-state index contributed by atoms with van der Waals surface area (Å²) in [5.41, 5.74) is -1.80. The smallest absolute Gasteiger partial charge is 0.321 e. The number of ketones is 1. The average Bonchev–Trinajstić information content (AvgIpc) is 3.03. The molecule has 48 heavy (non-hydrogen) atoms. The molecule has 0 unspecified atom stereocenters. The fraction of sp³-hybridized carbons (Fsp3) is 0.750.